The Kier molecular flexibility index (Phi) is 4.62. The van der Waals surface area contributed by atoms with Crippen molar-refractivity contribution in [2.24, 2.45) is 5.41 Å². The van der Waals surface area contributed by atoms with Crippen molar-refractivity contribution in [1.82, 2.24) is 0 Å². The Morgan fingerprint density at radius 3 is 1.90 bits per heavy atom. The highest BCUT2D eigenvalue weighted by molar-refractivity contribution is 6.24. The van der Waals surface area contributed by atoms with Crippen molar-refractivity contribution in [2.75, 3.05) is 13.9 Å². The molecule has 0 radical (unpaired) electrons. The van der Waals surface area contributed by atoms with E-state index in [9.17, 15) is 14.7 Å². The average Bonchev–Trinajstić information content (AvgIpc) is 3.10. The summed E-state index contributed by atoms with van der Waals surface area (Å²) >= 11 is 0. The number of fused-ring (bicyclic) bond motifs is 2. The third-order valence-electron chi connectivity index (χ3n) is 6.52. The van der Waals surface area contributed by atoms with Gasteiger partial charge in [0.1, 0.15) is 18.0 Å². The van der Waals surface area contributed by atoms with E-state index in [0.717, 1.165) is 5.56 Å². The van der Waals surface area contributed by atoms with Gasteiger partial charge in [-0.3, -0.25) is 9.59 Å². The molecule has 0 unspecified atom stereocenters. The summed E-state index contributed by atoms with van der Waals surface area (Å²) in [6.07, 6.45) is 0. The summed E-state index contributed by atoms with van der Waals surface area (Å²) < 4.78 is 11.9. The van der Waals surface area contributed by atoms with Crippen LogP contribution in [0.4, 0.5) is 0 Å². The highest BCUT2D eigenvalue weighted by Gasteiger charge is 2.61. The zero-order valence-electron chi connectivity index (χ0n) is 17.9. The number of Topliss-reactive ketones (excluding diaryl/α,β-unsaturated/α-hetero) is 2. The fourth-order valence-electron chi connectivity index (χ4n) is 5.10. The summed E-state index contributed by atoms with van der Waals surface area (Å²) in [6.45, 7) is 7.03. The molecule has 2 aliphatic rings. The number of carbonyl (C=O) groups excluding carboxylic acids is 2. The lowest BCUT2D eigenvalue weighted by Gasteiger charge is -2.44. The van der Waals surface area contributed by atoms with Gasteiger partial charge >= 0.3 is 0 Å². The van der Waals surface area contributed by atoms with Crippen molar-refractivity contribution in [3.8, 4) is 0 Å². The van der Waals surface area contributed by atoms with Crippen LogP contribution >= 0.6 is 0 Å². The zero-order valence-corrected chi connectivity index (χ0v) is 17.9. The molecule has 156 valence electrons. The largest absolute Gasteiger partial charge is 0.371 e. The second kappa shape index (κ2) is 6.71. The van der Waals surface area contributed by atoms with Gasteiger partial charge < -0.3 is 14.6 Å². The highest BCUT2D eigenvalue weighted by Crippen LogP contribution is 2.58. The van der Waals surface area contributed by atoms with Gasteiger partial charge in [0, 0.05) is 34.9 Å². The number of benzene rings is 2. The maximum absolute atomic E-state index is 13.8. The van der Waals surface area contributed by atoms with Gasteiger partial charge in [0.25, 0.3) is 0 Å². The number of aliphatic hydroxyl groups is 1. The van der Waals surface area contributed by atoms with E-state index in [1.165, 1.54) is 7.11 Å². The summed E-state index contributed by atoms with van der Waals surface area (Å²) in [6, 6.07) is 14.4. The summed E-state index contributed by atoms with van der Waals surface area (Å²) in [7, 11) is 1.54. The molecule has 0 fully saturated rings. The van der Waals surface area contributed by atoms with Crippen LogP contribution < -0.4 is 0 Å². The number of aliphatic hydroxyl groups excluding tert-OH is 1. The average molecular weight is 406 g/mol. The summed E-state index contributed by atoms with van der Waals surface area (Å²) in [5.74, 6) is -0.519. The Labute approximate surface area is 176 Å². The fraction of sp³-hybridized carbons (Fsp3) is 0.360. The van der Waals surface area contributed by atoms with E-state index in [1.54, 1.807) is 24.3 Å². The lowest BCUT2D eigenvalue weighted by molar-refractivity contribution is -0.149. The molecule has 1 N–H and O–H groups in total. The molecule has 0 saturated heterocycles. The lowest BCUT2D eigenvalue weighted by Crippen LogP contribution is -2.45. The Hall–Kier alpha value is -2.60. The SMILES string of the molecule is CO[C@@]1(C)/C(=C2\C(=O)c3ccccc3[C@@]2(OCO)C(C)(C)C)C(=O)c2ccccc21. The summed E-state index contributed by atoms with van der Waals surface area (Å²) in [5, 5.41) is 9.88. The topological polar surface area (TPSA) is 72.8 Å². The lowest BCUT2D eigenvalue weighted by atomic mass is 9.68. The Morgan fingerprint density at radius 2 is 1.37 bits per heavy atom. The van der Waals surface area contributed by atoms with Crippen LogP contribution in [0.15, 0.2) is 59.7 Å². The molecular weight excluding hydrogens is 380 g/mol. The molecule has 0 spiro atoms. The van der Waals surface area contributed by atoms with Gasteiger partial charge in [-0.15, -0.1) is 0 Å². The van der Waals surface area contributed by atoms with Crippen molar-refractivity contribution in [1.29, 1.82) is 0 Å². The smallest absolute Gasteiger partial charge is 0.193 e. The summed E-state index contributed by atoms with van der Waals surface area (Å²) in [4.78, 5) is 27.5. The third-order valence-corrected chi connectivity index (χ3v) is 6.52. The van der Waals surface area contributed by atoms with Crippen LogP contribution in [0.1, 0.15) is 59.5 Å². The number of methoxy groups -OCH3 is 1. The van der Waals surface area contributed by atoms with E-state index in [4.69, 9.17) is 9.47 Å². The predicted octanol–water partition coefficient (Wildman–Crippen LogP) is 4.15. The number of hydrogen-bond donors (Lipinski definition) is 1. The molecule has 5 nitrogen and oxygen atoms in total. The molecule has 0 aliphatic heterocycles. The maximum Gasteiger partial charge on any atom is 0.193 e. The maximum atomic E-state index is 13.8. The van der Waals surface area contributed by atoms with Crippen LogP contribution in [0.2, 0.25) is 0 Å². The molecule has 30 heavy (non-hydrogen) atoms. The summed E-state index contributed by atoms with van der Waals surface area (Å²) in [5.41, 5.74) is -0.184. The molecule has 0 bridgehead atoms. The van der Waals surface area contributed by atoms with Crippen molar-refractivity contribution in [3.05, 3.63) is 81.9 Å². The first-order valence-corrected chi connectivity index (χ1v) is 9.98. The van der Waals surface area contributed by atoms with Crippen LogP contribution in [-0.4, -0.2) is 30.6 Å². The van der Waals surface area contributed by atoms with Gasteiger partial charge in [0.15, 0.2) is 11.6 Å². The minimum Gasteiger partial charge on any atom is -0.371 e. The Bertz CT molecular complexity index is 1090. The van der Waals surface area contributed by atoms with E-state index >= 15 is 0 Å². The van der Waals surface area contributed by atoms with Crippen molar-refractivity contribution >= 4 is 11.6 Å². The van der Waals surface area contributed by atoms with Gasteiger partial charge in [0.2, 0.25) is 0 Å². The standard InChI is InChI=1S/C25H26O5/c1-23(2,3)25(30-14-26)18-13-9-7-11-16(18)22(28)20(25)19-21(27)15-10-6-8-12-17(15)24(19,4)29-5/h6-13,26H,14H2,1-5H3/b20-19+/t24-,25+/m1/s1. The number of carbonyl (C=O) groups is 2. The molecular formula is C25H26O5. The number of rotatable bonds is 3. The van der Waals surface area contributed by atoms with Crippen molar-refractivity contribution in [3.63, 3.8) is 0 Å². The van der Waals surface area contributed by atoms with Crippen LogP contribution in [0.3, 0.4) is 0 Å². The molecule has 4 rings (SSSR count). The van der Waals surface area contributed by atoms with E-state index in [0.29, 0.717) is 16.7 Å². The fourth-order valence-corrected chi connectivity index (χ4v) is 5.10. The number of ketones is 2. The predicted molar refractivity (Wildman–Crippen MR) is 112 cm³/mol. The van der Waals surface area contributed by atoms with Gasteiger partial charge in [-0.05, 0) is 17.9 Å². The second-order valence-electron chi connectivity index (χ2n) is 8.94. The van der Waals surface area contributed by atoms with Crippen molar-refractivity contribution < 1.29 is 24.2 Å². The molecule has 2 atom stereocenters. The molecule has 0 amide bonds. The van der Waals surface area contributed by atoms with Crippen LogP contribution in [0.25, 0.3) is 0 Å². The minimum atomic E-state index is -1.30. The highest BCUT2D eigenvalue weighted by atomic mass is 16.6. The first kappa shape index (κ1) is 20.7. The molecule has 0 aromatic heterocycles. The third kappa shape index (κ3) is 2.40. The monoisotopic (exact) mass is 406 g/mol. The van der Waals surface area contributed by atoms with Crippen molar-refractivity contribution in [2.45, 2.75) is 38.9 Å². The van der Waals surface area contributed by atoms with Gasteiger partial charge in [0.05, 0.1) is 0 Å². The molecule has 0 heterocycles. The molecule has 2 aromatic rings. The first-order valence-electron chi connectivity index (χ1n) is 9.98. The molecule has 2 aliphatic carbocycles. The molecule has 2 aromatic carbocycles. The molecule has 5 heteroatoms. The van der Waals surface area contributed by atoms with E-state index < -0.39 is 23.4 Å². The van der Waals surface area contributed by atoms with Crippen LogP contribution in [0, 0.1) is 5.41 Å². The first-order chi connectivity index (χ1) is 14.1. The zero-order chi connectivity index (χ0) is 21.9. The van der Waals surface area contributed by atoms with Crippen LogP contribution in [0.5, 0.6) is 0 Å². The van der Waals surface area contributed by atoms with Gasteiger partial charge in [-0.1, -0.05) is 69.3 Å². The van der Waals surface area contributed by atoms with Crippen LogP contribution in [-0.2, 0) is 20.7 Å². The number of ether oxygens (including phenoxy) is 2. The normalized spacial score (nSPS) is 28.1. The van der Waals surface area contributed by atoms with Gasteiger partial charge in [-0.2, -0.15) is 0 Å². The van der Waals surface area contributed by atoms with E-state index in [2.05, 4.69) is 0 Å². The molecule has 0 saturated carbocycles. The second-order valence-corrected chi connectivity index (χ2v) is 8.94. The van der Waals surface area contributed by atoms with E-state index in [-0.39, 0.29) is 22.7 Å². The Balaban J connectivity index is 2.17. The quantitative estimate of drug-likeness (QED) is 0.612. The van der Waals surface area contributed by atoms with E-state index in [1.807, 2.05) is 52.0 Å². The van der Waals surface area contributed by atoms with Gasteiger partial charge in [-0.25, -0.2) is 0 Å². The number of hydrogen-bond acceptors (Lipinski definition) is 5. The Morgan fingerprint density at radius 1 is 0.867 bits per heavy atom. The minimum absolute atomic E-state index is 0.246.